The summed E-state index contributed by atoms with van der Waals surface area (Å²) >= 11 is 1.40. The molecule has 0 unspecified atom stereocenters. The minimum atomic E-state index is 0.703. The summed E-state index contributed by atoms with van der Waals surface area (Å²) in [6, 6.07) is 59.5. The highest BCUT2D eigenvalue weighted by Crippen LogP contribution is 2.54. The van der Waals surface area contributed by atoms with Gasteiger partial charge in [-0.15, -0.1) is 0 Å². The normalized spacial score (nSPS) is 12.3. The van der Waals surface area contributed by atoms with Crippen LogP contribution in [0.5, 0.6) is 0 Å². The van der Waals surface area contributed by atoms with E-state index in [4.69, 9.17) is 13.8 Å². The predicted octanol–water partition coefficient (Wildman–Crippen LogP) is 12.7. The number of para-hydroxylation sites is 6. The van der Waals surface area contributed by atoms with Gasteiger partial charge in [0.25, 0.3) is 0 Å². The number of benzene rings is 7. The van der Waals surface area contributed by atoms with Gasteiger partial charge in [-0.1, -0.05) is 97.1 Å². The van der Waals surface area contributed by atoms with Crippen LogP contribution in [0, 0.1) is 0 Å². The van der Waals surface area contributed by atoms with Crippen LogP contribution in [0.3, 0.4) is 0 Å². The molecule has 1 aliphatic heterocycles. The average Bonchev–Trinajstić information content (AvgIpc) is 3.83. The molecule has 0 radical (unpaired) electrons. The third kappa shape index (κ3) is 4.61. The molecule has 236 valence electrons. The van der Waals surface area contributed by atoms with Crippen molar-refractivity contribution < 1.29 is 4.42 Å². The maximum Gasteiger partial charge on any atom is 0.173 e. The van der Waals surface area contributed by atoms with E-state index in [1.54, 1.807) is 0 Å². The molecule has 3 heterocycles. The van der Waals surface area contributed by atoms with Gasteiger partial charge in [0, 0.05) is 27.7 Å². The zero-order chi connectivity index (χ0) is 33.0. The molecule has 1 aliphatic rings. The molecule has 50 heavy (non-hydrogen) atoms. The second-order valence-corrected chi connectivity index (χ2v) is 13.1. The first kappa shape index (κ1) is 28.5. The van der Waals surface area contributed by atoms with Crippen molar-refractivity contribution in [3.8, 4) is 33.1 Å². The summed E-state index contributed by atoms with van der Waals surface area (Å²) in [7, 11) is 0. The molecule has 0 fully saturated rings. The molecule has 6 heteroatoms. The number of rotatable bonds is 5. The second kappa shape index (κ2) is 11.6. The summed E-state index contributed by atoms with van der Waals surface area (Å²) in [4.78, 5) is 9.67. The maximum absolute atomic E-state index is 6.28. The summed E-state index contributed by atoms with van der Waals surface area (Å²) < 4.78 is 11.1. The molecule has 0 amide bonds. The van der Waals surface area contributed by atoms with Crippen LogP contribution < -0.4 is 9.80 Å². The van der Waals surface area contributed by atoms with Gasteiger partial charge < -0.3 is 14.2 Å². The van der Waals surface area contributed by atoms with Crippen molar-refractivity contribution in [3.05, 3.63) is 170 Å². The maximum atomic E-state index is 6.28. The van der Waals surface area contributed by atoms with Crippen molar-refractivity contribution >= 4 is 67.6 Å². The number of anilines is 6. The predicted molar refractivity (Wildman–Crippen MR) is 206 cm³/mol. The van der Waals surface area contributed by atoms with Crippen molar-refractivity contribution in [1.29, 1.82) is 0 Å². The highest BCUT2D eigenvalue weighted by molar-refractivity contribution is 7.09. The van der Waals surface area contributed by atoms with Gasteiger partial charge in [0.1, 0.15) is 16.2 Å². The van der Waals surface area contributed by atoms with Crippen molar-refractivity contribution in [1.82, 2.24) is 9.36 Å². The molecule has 0 N–H and O–H groups in total. The number of hydrogen-bond acceptors (Lipinski definition) is 6. The monoisotopic (exact) mass is 660 g/mol. The van der Waals surface area contributed by atoms with Crippen molar-refractivity contribution in [2.45, 2.75) is 0 Å². The van der Waals surface area contributed by atoms with E-state index in [0.717, 1.165) is 72.2 Å². The minimum Gasteiger partial charge on any atom is -0.455 e. The molecule has 5 nitrogen and oxygen atoms in total. The van der Waals surface area contributed by atoms with Gasteiger partial charge in [0.05, 0.1) is 28.3 Å². The number of aromatic nitrogens is 2. The van der Waals surface area contributed by atoms with Gasteiger partial charge >= 0.3 is 0 Å². The largest absolute Gasteiger partial charge is 0.455 e. The fourth-order valence-corrected chi connectivity index (χ4v) is 7.76. The highest BCUT2D eigenvalue weighted by atomic mass is 32.1. The summed E-state index contributed by atoms with van der Waals surface area (Å²) in [6.07, 6.45) is 0. The highest BCUT2D eigenvalue weighted by Gasteiger charge is 2.30. The Morgan fingerprint density at radius 2 is 0.960 bits per heavy atom. The smallest absolute Gasteiger partial charge is 0.173 e. The Hall–Kier alpha value is -6.50. The molecule has 0 saturated carbocycles. The van der Waals surface area contributed by atoms with Crippen LogP contribution >= 0.6 is 11.5 Å². The molecule has 0 aliphatic carbocycles. The van der Waals surface area contributed by atoms with E-state index in [1.807, 2.05) is 18.2 Å². The summed E-state index contributed by atoms with van der Waals surface area (Å²) in [5, 5.41) is 3.03. The Morgan fingerprint density at radius 1 is 0.440 bits per heavy atom. The molecular weight excluding hydrogens is 633 g/mol. The Labute approximate surface area is 293 Å². The van der Waals surface area contributed by atoms with Crippen LogP contribution in [0.1, 0.15) is 0 Å². The molecule has 0 bridgehead atoms. The lowest BCUT2D eigenvalue weighted by molar-refractivity contribution is 0.670. The third-order valence-corrected chi connectivity index (χ3v) is 10.2. The van der Waals surface area contributed by atoms with Crippen molar-refractivity contribution in [3.63, 3.8) is 0 Å². The van der Waals surface area contributed by atoms with Crippen LogP contribution in [0.4, 0.5) is 34.1 Å². The molecule has 0 atom stereocenters. The molecule has 10 rings (SSSR count). The summed E-state index contributed by atoms with van der Waals surface area (Å²) in [5.41, 5.74) is 12.7. The molecular formula is C44H28N4OS. The van der Waals surface area contributed by atoms with E-state index >= 15 is 0 Å². The first-order valence-corrected chi connectivity index (χ1v) is 17.4. The minimum absolute atomic E-state index is 0.703. The SMILES string of the molecule is c1ccc(-c2ccc(N3c4ccccc4N(c4ccc(-c5nsc(-c6cccc7c6oc6ccccc67)n5)cc4)c4ccccc43)cc2)cc1. The molecule has 0 saturated heterocycles. The Bertz CT molecular complexity index is 2610. The number of hydrogen-bond donors (Lipinski definition) is 0. The van der Waals surface area contributed by atoms with E-state index < -0.39 is 0 Å². The topological polar surface area (TPSA) is 45.4 Å². The van der Waals surface area contributed by atoms with Crippen LogP contribution in [0.15, 0.2) is 174 Å². The number of furan rings is 1. The van der Waals surface area contributed by atoms with Gasteiger partial charge in [0.2, 0.25) is 0 Å². The second-order valence-electron chi connectivity index (χ2n) is 12.3. The van der Waals surface area contributed by atoms with E-state index in [-0.39, 0.29) is 0 Å². The van der Waals surface area contributed by atoms with Gasteiger partial charge in [-0.05, 0) is 95.5 Å². The van der Waals surface area contributed by atoms with Crippen LogP contribution in [0.2, 0.25) is 0 Å². The molecule has 2 aromatic heterocycles. The lowest BCUT2D eigenvalue weighted by atomic mass is 10.0. The van der Waals surface area contributed by atoms with Crippen LogP contribution in [0.25, 0.3) is 55.0 Å². The summed E-state index contributed by atoms with van der Waals surface area (Å²) in [5.74, 6) is 0.703. The van der Waals surface area contributed by atoms with Gasteiger partial charge in [-0.3, -0.25) is 0 Å². The Balaban J connectivity index is 0.999. The first-order valence-electron chi connectivity index (χ1n) is 16.6. The first-order chi connectivity index (χ1) is 24.8. The number of nitrogens with zero attached hydrogens (tertiary/aromatic N) is 4. The molecule has 7 aromatic carbocycles. The van der Waals surface area contributed by atoms with E-state index in [9.17, 15) is 0 Å². The summed E-state index contributed by atoms with van der Waals surface area (Å²) in [6.45, 7) is 0. The molecule has 0 spiro atoms. The zero-order valence-electron chi connectivity index (χ0n) is 26.8. The fourth-order valence-electron chi connectivity index (χ4n) is 7.06. The standard InChI is InChI=1S/C44H28N4OS/c1-2-11-29(12-3-1)30-21-25-32(26-22-30)47-37-16-5-7-18-39(37)48(40-19-8-6-17-38(40)47)33-27-23-31(24-28-33)43-45-44(50-46-43)36-15-10-14-35-34-13-4-9-20-41(34)49-42(35)36/h1-28H. The third-order valence-electron chi connectivity index (χ3n) is 9.40. The molecule has 9 aromatic rings. The number of fused-ring (bicyclic) bond motifs is 5. The van der Waals surface area contributed by atoms with Gasteiger partial charge in [-0.25, -0.2) is 4.98 Å². The van der Waals surface area contributed by atoms with Crippen molar-refractivity contribution in [2.75, 3.05) is 9.80 Å². The lowest BCUT2D eigenvalue weighted by Crippen LogP contribution is -2.23. The lowest BCUT2D eigenvalue weighted by Gasteiger charge is -2.40. The average molecular weight is 661 g/mol. The zero-order valence-corrected chi connectivity index (χ0v) is 27.6. The van der Waals surface area contributed by atoms with E-state index in [0.29, 0.717) is 5.82 Å². The fraction of sp³-hybridized carbons (Fsp3) is 0. The van der Waals surface area contributed by atoms with Crippen LogP contribution in [-0.4, -0.2) is 9.36 Å². The van der Waals surface area contributed by atoms with E-state index in [1.165, 1.54) is 22.7 Å². The Morgan fingerprint density at radius 3 is 1.60 bits per heavy atom. The van der Waals surface area contributed by atoms with Gasteiger partial charge in [-0.2, -0.15) is 4.37 Å². The quantitative estimate of drug-likeness (QED) is 0.184. The van der Waals surface area contributed by atoms with Gasteiger partial charge in [0.15, 0.2) is 5.82 Å². The van der Waals surface area contributed by atoms with Crippen molar-refractivity contribution in [2.24, 2.45) is 0 Å². The Kier molecular flexibility index (Phi) is 6.60. The van der Waals surface area contributed by atoms with Crippen LogP contribution in [-0.2, 0) is 0 Å². The van der Waals surface area contributed by atoms with E-state index in [2.05, 4.69) is 161 Å².